The van der Waals surface area contributed by atoms with Crippen molar-refractivity contribution in [1.82, 2.24) is 15.5 Å². The molecule has 0 bridgehead atoms. The van der Waals surface area contributed by atoms with Crippen LogP contribution in [0.15, 0.2) is 36.4 Å². The summed E-state index contributed by atoms with van der Waals surface area (Å²) in [6.07, 6.45) is 1.65. The molecule has 1 aromatic carbocycles. The monoisotopic (exact) mass is 341 g/mol. The Morgan fingerprint density at radius 2 is 2.00 bits per heavy atom. The molecule has 1 aliphatic rings. The second-order valence-electron chi connectivity index (χ2n) is 6.45. The molecule has 1 aromatic heterocycles. The van der Waals surface area contributed by atoms with Crippen molar-refractivity contribution in [3.05, 3.63) is 47.7 Å². The van der Waals surface area contributed by atoms with Gasteiger partial charge in [0.05, 0.1) is 0 Å². The SMILES string of the molecule is CC(C)c1cccc(Oc2ccc(C(=O)NC3CCOCC3)nn2)c1. The molecule has 132 valence electrons. The highest BCUT2D eigenvalue weighted by molar-refractivity contribution is 5.92. The number of benzene rings is 1. The summed E-state index contributed by atoms with van der Waals surface area (Å²) in [5.74, 6) is 1.28. The summed E-state index contributed by atoms with van der Waals surface area (Å²) in [5.41, 5.74) is 1.48. The molecule has 0 aliphatic carbocycles. The van der Waals surface area contributed by atoms with Crippen LogP contribution in [0.25, 0.3) is 0 Å². The summed E-state index contributed by atoms with van der Waals surface area (Å²) < 4.78 is 11.0. The van der Waals surface area contributed by atoms with Gasteiger partial charge in [0.15, 0.2) is 5.69 Å². The second-order valence-corrected chi connectivity index (χ2v) is 6.45. The molecule has 0 atom stereocenters. The van der Waals surface area contributed by atoms with Crippen LogP contribution in [0.2, 0.25) is 0 Å². The van der Waals surface area contributed by atoms with Gasteiger partial charge in [-0.2, -0.15) is 0 Å². The van der Waals surface area contributed by atoms with E-state index in [1.54, 1.807) is 12.1 Å². The van der Waals surface area contributed by atoms with Crippen molar-refractivity contribution in [1.29, 1.82) is 0 Å². The summed E-state index contributed by atoms with van der Waals surface area (Å²) in [4.78, 5) is 12.2. The van der Waals surface area contributed by atoms with Gasteiger partial charge in [-0.05, 0) is 42.5 Å². The summed E-state index contributed by atoms with van der Waals surface area (Å²) in [6.45, 7) is 5.62. The number of nitrogens with one attached hydrogen (secondary N) is 1. The molecule has 3 rings (SSSR count). The largest absolute Gasteiger partial charge is 0.438 e. The van der Waals surface area contributed by atoms with Crippen LogP contribution >= 0.6 is 0 Å². The quantitative estimate of drug-likeness (QED) is 0.903. The van der Waals surface area contributed by atoms with E-state index in [0.717, 1.165) is 12.8 Å². The number of nitrogens with zero attached hydrogens (tertiary/aromatic N) is 2. The van der Waals surface area contributed by atoms with Crippen molar-refractivity contribution in [3.8, 4) is 11.6 Å². The minimum Gasteiger partial charge on any atom is -0.438 e. The zero-order valence-corrected chi connectivity index (χ0v) is 14.6. The molecule has 1 N–H and O–H groups in total. The van der Waals surface area contributed by atoms with Gasteiger partial charge in [0.25, 0.3) is 5.91 Å². The van der Waals surface area contributed by atoms with Gasteiger partial charge in [0, 0.05) is 25.3 Å². The molecule has 0 unspecified atom stereocenters. The van der Waals surface area contributed by atoms with Gasteiger partial charge in [0.1, 0.15) is 5.75 Å². The summed E-state index contributed by atoms with van der Waals surface area (Å²) >= 11 is 0. The highest BCUT2D eigenvalue weighted by atomic mass is 16.5. The molecular weight excluding hydrogens is 318 g/mol. The molecule has 2 heterocycles. The van der Waals surface area contributed by atoms with Gasteiger partial charge in [-0.3, -0.25) is 4.79 Å². The van der Waals surface area contributed by atoms with Crippen molar-refractivity contribution < 1.29 is 14.3 Å². The highest BCUT2D eigenvalue weighted by Gasteiger charge is 2.18. The Morgan fingerprint density at radius 1 is 1.20 bits per heavy atom. The molecule has 1 aliphatic heterocycles. The summed E-state index contributed by atoms with van der Waals surface area (Å²) in [6, 6.07) is 11.3. The molecule has 6 heteroatoms. The van der Waals surface area contributed by atoms with Crippen LogP contribution in [0, 0.1) is 0 Å². The third-order valence-electron chi connectivity index (χ3n) is 4.18. The van der Waals surface area contributed by atoms with Crippen LogP contribution in [-0.4, -0.2) is 35.4 Å². The van der Waals surface area contributed by atoms with E-state index in [-0.39, 0.29) is 17.6 Å². The highest BCUT2D eigenvalue weighted by Crippen LogP contribution is 2.23. The van der Waals surface area contributed by atoms with Crippen LogP contribution in [0.3, 0.4) is 0 Å². The van der Waals surface area contributed by atoms with Crippen molar-refractivity contribution >= 4 is 5.91 Å². The number of ether oxygens (including phenoxy) is 2. The average Bonchev–Trinajstić information content (AvgIpc) is 2.63. The number of hydrogen-bond acceptors (Lipinski definition) is 5. The zero-order chi connectivity index (χ0) is 17.6. The van der Waals surface area contributed by atoms with Crippen LogP contribution in [-0.2, 0) is 4.74 Å². The minimum atomic E-state index is -0.215. The van der Waals surface area contributed by atoms with E-state index in [2.05, 4.69) is 35.4 Å². The lowest BCUT2D eigenvalue weighted by Crippen LogP contribution is -2.39. The molecule has 25 heavy (non-hydrogen) atoms. The standard InChI is InChI=1S/C19H23N3O3/c1-13(2)14-4-3-5-16(12-14)25-18-7-6-17(21-22-18)19(23)20-15-8-10-24-11-9-15/h3-7,12-13,15H,8-11H2,1-2H3,(H,20,23). The van der Waals surface area contributed by atoms with Crippen molar-refractivity contribution in [2.75, 3.05) is 13.2 Å². The van der Waals surface area contributed by atoms with Gasteiger partial charge < -0.3 is 14.8 Å². The Bertz CT molecular complexity index is 710. The fraction of sp³-hybridized carbons (Fsp3) is 0.421. The lowest BCUT2D eigenvalue weighted by molar-refractivity contribution is 0.0693. The van der Waals surface area contributed by atoms with E-state index in [1.165, 1.54) is 5.56 Å². The fourth-order valence-corrected chi connectivity index (χ4v) is 2.65. The van der Waals surface area contributed by atoms with Gasteiger partial charge in [-0.25, -0.2) is 0 Å². The fourth-order valence-electron chi connectivity index (χ4n) is 2.65. The first kappa shape index (κ1) is 17.4. The van der Waals surface area contributed by atoms with Crippen LogP contribution in [0.1, 0.15) is 48.7 Å². The maximum absolute atomic E-state index is 12.2. The molecule has 6 nitrogen and oxygen atoms in total. The minimum absolute atomic E-state index is 0.137. The molecule has 0 radical (unpaired) electrons. The number of carbonyl (C=O) groups is 1. The zero-order valence-electron chi connectivity index (χ0n) is 14.6. The van der Waals surface area contributed by atoms with Crippen LogP contribution in [0.5, 0.6) is 11.6 Å². The van der Waals surface area contributed by atoms with Crippen LogP contribution < -0.4 is 10.1 Å². The molecule has 2 aromatic rings. The third-order valence-corrected chi connectivity index (χ3v) is 4.18. The molecule has 1 saturated heterocycles. The van der Waals surface area contributed by atoms with Crippen molar-refractivity contribution in [2.45, 2.75) is 38.6 Å². The number of hydrogen-bond donors (Lipinski definition) is 1. The first-order valence-electron chi connectivity index (χ1n) is 8.62. The summed E-state index contributed by atoms with van der Waals surface area (Å²) in [7, 11) is 0. The van der Waals surface area contributed by atoms with Gasteiger partial charge in [-0.15, -0.1) is 10.2 Å². The summed E-state index contributed by atoms with van der Waals surface area (Å²) in [5, 5.41) is 10.9. The normalized spacial score (nSPS) is 15.2. The number of amides is 1. The maximum Gasteiger partial charge on any atom is 0.272 e. The predicted molar refractivity (Wildman–Crippen MR) is 93.9 cm³/mol. The lowest BCUT2D eigenvalue weighted by atomic mass is 10.0. The average molecular weight is 341 g/mol. The van der Waals surface area contributed by atoms with Gasteiger partial charge in [0.2, 0.25) is 5.88 Å². The molecule has 1 fully saturated rings. The number of rotatable bonds is 5. The maximum atomic E-state index is 12.2. The molecule has 0 saturated carbocycles. The Balaban J connectivity index is 1.61. The molecule has 0 spiro atoms. The van der Waals surface area contributed by atoms with E-state index >= 15 is 0 Å². The Labute approximate surface area is 147 Å². The topological polar surface area (TPSA) is 73.3 Å². The Hall–Kier alpha value is -2.47. The van der Waals surface area contributed by atoms with Crippen LogP contribution in [0.4, 0.5) is 0 Å². The van der Waals surface area contributed by atoms with Crippen molar-refractivity contribution in [3.63, 3.8) is 0 Å². The molecular formula is C19H23N3O3. The lowest BCUT2D eigenvalue weighted by Gasteiger charge is -2.22. The van der Waals surface area contributed by atoms with E-state index in [0.29, 0.717) is 30.8 Å². The predicted octanol–water partition coefficient (Wildman–Crippen LogP) is 3.30. The first-order valence-corrected chi connectivity index (χ1v) is 8.62. The number of aromatic nitrogens is 2. The van der Waals surface area contributed by atoms with Gasteiger partial charge in [-0.1, -0.05) is 26.0 Å². The number of carbonyl (C=O) groups excluding carboxylic acids is 1. The Kier molecular flexibility index (Phi) is 5.60. The van der Waals surface area contributed by atoms with Crippen molar-refractivity contribution in [2.24, 2.45) is 0 Å². The van der Waals surface area contributed by atoms with E-state index in [1.807, 2.05) is 18.2 Å². The molecule has 1 amide bonds. The van der Waals surface area contributed by atoms with Gasteiger partial charge >= 0.3 is 0 Å². The van der Waals surface area contributed by atoms with E-state index in [9.17, 15) is 4.79 Å². The Morgan fingerprint density at radius 3 is 2.68 bits per heavy atom. The smallest absolute Gasteiger partial charge is 0.272 e. The van der Waals surface area contributed by atoms with E-state index in [4.69, 9.17) is 9.47 Å². The third kappa shape index (κ3) is 4.76. The second kappa shape index (κ2) is 8.07. The first-order chi connectivity index (χ1) is 12.1. The van der Waals surface area contributed by atoms with E-state index < -0.39 is 0 Å².